The minimum absolute atomic E-state index is 0. The second-order valence-corrected chi connectivity index (χ2v) is 8.74. The quantitative estimate of drug-likeness (QED) is 0.221. The summed E-state index contributed by atoms with van der Waals surface area (Å²) in [4.78, 5) is 9.73. The zero-order valence-corrected chi connectivity index (χ0v) is 25.3. The van der Waals surface area contributed by atoms with Gasteiger partial charge < -0.3 is 10.2 Å². The molecule has 0 aliphatic heterocycles. The van der Waals surface area contributed by atoms with Crippen molar-refractivity contribution in [1.82, 2.24) is 0 Å². The molecule has 0 aliphatic carbocycles. The third-order valence-electron chi connectivity index (χ3n) is 3.99. The number of carboxylic acid groups (broad SMARTS) is 1. The Morgan fingerprint density at radius 1 is 0.818 bits per heavy atom. The summed E-state index contributed by atoms with van der Waals surface area (Å²) in [7, 11) is -9.59. The van der Waals surface area contributed by atoms with Crippen molar-refractivity contribution in [3.8, 4) is 5.75 Å². The summed E-state index contributed by atoms with van der Waals surface area (Å²) < 4.78 is 64.6. The summed E-state index contributed by atoms with van der Waals surface area (Å²) >= 11 is 0. The van der Waals surface area contributed by atoms with Crippen molar-refractivity contribution in [2.45, 2.75) is 9.79 Å². The molecule has 3 aromatic carbocycles. The van der Waals surface area contributed by atoms with E-state index in [0.717, 1.165) is 24.3 Å². The maximum atomic E-state index is 11.6. The molecule has 0 amide bonds. The second-order valence-electron chi connectivity index (χ2n) is 5.93. The zero-order valence-electron chi connectivity index (χ0n) is 17.7. The van der Waals surface area contributed by atoms with E-state index in [1.54, 1.807) is 0 Å². The Labute approximate surface area is 254 Å². The largest absolute Gasteiger partial charge is 0.504 e. The molecule has 0 heterocycles. The Kier molecular flexibility index (Phi) is 12.4. The molecule has 0 saturated heterocycles. The molecule has 0 bridgehead atoms. The van der Waals surface area contributed by atoms with Crippen LogP contribution in [-0.4, -0.2) is 131 Å². The standard InChI is InChI=1S/C17H12N2O9S2.3Na/c20-16-14(30(26,27)28)8-9-7-10(29(23,24)25)5-6-11(9)15(16)19-18-13-4-2-1-3-12(13)17(21)22;;;/h1-8,20H,(H,21,22)(H,23,24,25)(H,26,27,28);;;. The molecule has 0 fully saturated rings. The number of phenols is 1. The van der Waals surface area contributed by atoms with E-state index in [2.05, 4.69) is 10.2 Å². The number of azo groups is 1. The van der Waals surface area contributed by atoms with Gasteiger partial charge in [-0.1, -0.05) is 18.2 Å². The molecule has 0 atom stereocenters. The van der Waals surface area contributed by atoms with Crippen LogP contribution in [0.25, 0.3) is 10.8 Å². The van der Waals surface area contributed by atoms with Gasteiger partial charge in [-0.05, 0) is 35.7 Å². The predicted molar refractivity (Wildman–Crippen MR) is 120 cm³/mol. The normalized spacial score (nSPS) is 11.3. The van der Waals surface area contributed by atoms with E-state index in [-0.39, 0.29) is 111 Å². The van der Waals surface area contributed by atoms with Gasteiger partial charge in [-0.2, -0.15) is 16.8 Å². The maximum absolute atomic E-state index is 11.6. The number of carbonyl (C=O) groups is 1. The van der Waals surface area contributed by atoms with Gasteiger partial charge >= 0.3 is 5.97 Å². The molecule has 3 radical (unpaired) electrons. The molecular formula is C17H12N2Na3O9S2. The van der Waals surface area contributed by atoms with Crippen LogP contribution in [0.3, 0.4) is 0 Å². The fraction of sp³-hybridized carbons (Fsp3) is 0. The number of rotatable bonds is 5. The van der Waals surface area contributed by atoms with Gasteiger partial charge in [0.15, 0.2) is 5.75 Å². The Morgan fingerprint density at radius 3 is 1.97 bits per heavy atom. The van der Waals surface area contributed by atoms with Crippen LogP contribution in [0.15, 0.2) is 68.6 Å². The molecule has 159 valence electrons. The minimum atomic E-state index is -4.96. The summed E-state index contributed by atoms with van der Waals surface area (Å²) in [6.45, 7) is 0. The molecule has 33 heavy (non-hydrogen) atoms. The number of benzene rings is 3. The van der Waals surface area contributed by atoms with Crippen LogP contribution in [0, 0.1) is 0 Å². The SMILES string of the molecule is O=C(O)c1ccccc1N=Nc1c(O)c(S(=O)(=O)O)cc2cc(S(=O)(=O)O)ccc12.[Na].[Na].[Na]. The Hall–Kier alpha value is -0.390. The van der Waals surface area contributed by atoms with Crippen LogP contribution < -0.4 is 0 Å². The maximum Gasteiger partial charge on any atom is 0.337 e. The first-order valence-corrected chi connectivity index (χ1v) is 10.8. The van der Waals surface area contributed by atoms with Crippen molar-refractivity contribution in [2.24, 2.45) is 10.2 Å². The van der Waals surface area contributed by atoms with Crippen LogP contribution in [0.1, 0.15) is 10.4 Å². The van der Waals surface area contributed by atoms with Crippen LogP contribution in [0.4, 0.5) is 11.4 Å². The number of aromatic carboxylic acids is 1. The molecule has 4 N–H and O–H groups in total. The second kappa shape index (κ2) is 12.5. The Bertz CT molecular complexity index is 1440. The van der Waals surface area contributed by atoms with Gasteiger partial charge in [-0.3, -0.25) is 9.11 Å². The average Bonchev–Trinajstić information content (AvgIpc) is 2.65. The van der Waals surface area contributed by atoms with Crippen molar-refractivity contribution in [1.29, 1.82) is 0 Å². The zero-order chi connectivity index (χ0) is 22.3. The Balaban J connectivity index is 0.00000341. The third kappa shape index (κ3) is 7.54. The molecule has 3 rings (SSSR count). The van der Waals surface area contributed by atoms with Gasteiger partial charge in [0.2, 0.25) is 0 Å². The van der Waals surface area contributed by atoms with Gasteiger partial charge in [0, 0.05) is 94.1 Å². The third-order valence-corrected chi connectivity index (χ3v) is 5.71. The molecule has 0 saturated carbocycles. The number of hydrogen-bond acceptors (Lipinski definition) is 8. The molecule has 0 aromatic heterocycles. The topological polar surface area (TPSA) is 191 Å². The van der Waals surface area contributed by atoms with Crippen molar-refractivity contribution in [3.05, 3.63) is 54.1 Å². The molecule has 0 aliphatic rings. The molecule has 11 nitrogen and oxygen atoms in total. The van der Waals surface area contributed by atoms with Gasteiger partial charge in [-0.25, -0.2) is 4.79 Å². The van der Waals surface area contributed by atoms with E-state index in [0.29, 0.717) is 0 Å². The summed E-state index contributed by atoms with van der Waals surface area (Å²) in [6, 6.07) is 9.30. The summed E-state index contributed by atoms with van der Waals surface area (Å²) in [6.07, 6.45) is 0. The van der Waals surface area contributed by atoms with Gasteiger partial charge in [0.25, 0.3) is 20.2 Å². The van der Waals surface area contributed by atoms with Crippen LogP contribution in [0.2, 0.25) is 0 Å². The first kappa shape index (κ1) is 32.6. The van der Waals surface area contributed by atoms with E-state index in [4.69, 9.17) is 0 Å². The van der Waals surface area contributed by atoms with Crippen LogP contribution in [0.5, 0.6) is 5.75 Å². The van der Waals surface area contributed by atoms with Crippen molar-refractivity contribution in [2.75, 3.05) is 0 Å². The van der Waals surface area contributed by atoms with E-state index >= 15 is 0 Å². The molecule has 0 spiro atoms. The van der Waals surface area contributed by atoms with Gasteiger partial charge in [-0.15, -0.1) is 10.2 Å². The first-order chi connectivity index (χ1) is 13.9. The molecule has 16 heteroatoms. The fourth-order valence-electron chi connectivity index (χ4n) is 2.63. The van der Waals surface area contributed by atoms with Crippen molar-refractivity contribution < 1.29 is 40.9 Å². The van der Waals surface area contributed by atoms with Crippen molar-refractivity contribution >= 4 is 137 Å². The van der Waals surface area contributed by atoms with Crippen LogP contribution >= 0.6 is 0 Å². The molecule has 0 unspecified atom stereocenters. The first-order valence-electron chi connectivity index (χ1n) is 7.88. The van der Waals surface area contributed by atoms with Crippen molar-refractivity contribution in [3.63, 3.8) is 0 Å². The van der Waals surface area contributed by atoms with Crippen LogP contribution in [-0.2, 0) is 20.2 Å². The van der Waals surface area contributed by atoms with E-state index in [1.807, 2.05) is 0 Å². The Morgan fingerprint density at radius 2 is 1.42 bits per heavy atom. The number of nitrogens with zero attached hydrogens (tertiary/aromatic N) is 2. The number of hydrogen-bond donors (Lipinski definition) is 4. The number of fused-ring (bicyclic) bond motifs is 1. The monoisotopic (exact) mass is 521 g/mol. The predicted octanol–water partition coefficient (Wildman–Crippen LogP) is 2.01. The number of aromatic hydroxyl groups is 1. The smallest absolute Gasteiger partial charge is 0.337 e. The minimum Gasteiger partial charge on any atom is -0.504 e. The summed E-state index contributed by atoms with van der Waals surface area (Å²) in [5, 5.41) is 26.9. The average molecular weight is 521 g/mol. The number of carboxylic acids is 1. The summed E-state index contributed by atoms with van der Waals surface area (Å²) in [5.74, 6) is -2.29. The van der Waals surface area contributed by atoms with Gasteiger partial charge in [0.1, 0.15) is 16.3 Å². The fourth-order valence-corrected chi connectivity index (χ4v) is 3.77. The van der Waals surface area contributed by atoms with Gasteiger partial charge in [0.05, 0.1) is 10.5 Å². The van der Waals surface area contributed by atoms with E-state index in [9.17, 15) is 40.9 Å². The summed E-state index contributed by atoms with van der Waals surface area (Å²) in [5.41, 5.74) is -0.795. The van der Waals surface area contributed by atoms with E-state index < -0.39 is 47.4 Å². The number of phenolic OH excluding ortho intramolecular Hbond substituents is 1. The molecular weight excluding hydrogens is 509 g/mol. The molecule has 3 aromatic rings. The van der Waals surface area contributed by atoms with E-state index in [1.165, 1.54) is 24.3 Å².